The first kappa shape index (κ1) is 11.7. The molecule has 0 bridgehead atoms. The maximum Gasteiger partial charge on any atom is 0.309 e. The molecule has 15 heavy (non-hydrogen) atoms. The van der Waals surface area contributed by atoms with Crippen LogP contribution in [0.1, 0.15) is 5.56 Å². The van der Waals surface area contributed by atoms with Crippen molar-refractivity contribution in [3.63, 3.8) is 0 Å². The quantitative estimate of drug-likeness (QED) is 0.704. The summed E-state index contributed by atoms with van der Waals surface area (Å²) < 4.78 is 4.93. The first-order chi connectivity index (χ1) is 7.13. The fourth-order valence-electron chi connectivity index (χ4n) is 1.22. The van der Waals surface area contributed by atoms with Gasteiger partial charge in [-0.05, 0) is 30.7 Å². The van der Waals surface area contributed by atoms with Crippen molar-refractivity contribution < 1.29 is 14.3 Å². The molecule has 82 valence electrons. The molecule has 0 fully saturated rings. The van der Waals surface area contributed by atoms with Gasteiger partial charge in [-0.25, -0.2) is 0 Å². The summed E-state index contributed by atoms with van der Waals surface area (Å²) in [5, 5.41) is 9.07. The number of aromatic hydroxyl groups is 1. The van der Waals surface area contributed by atoms with E-state index in [9.17, 15) is 4.79 Å². The van der Waals surface area contributed by atoms with Crippen LogP contribution in [0, 0.1) is 0 Å². The van der Waals surface area contributed by atoms with Gasteiger partial charge in [0.1, 0.15) is 11.8 Å². The molecule has 1 rings (SSSR count). The normalized spacial score (nSPS) is 12.9. The van der Waals surface area contributed by atoms with Gasteiger partial charge in [-0.1, -0.05) is 12.1 Å². The molecular formula is C10H15NO3Si. The van der Waals surface area contributed by atoms with E-state index in [1.807, 2.05) is 6.55 Å². The van der Waals surface area contributed by atoms with Crippen LogP contribution in [0.2, 0.25) is 6.55 Å². The molecule has 0 amide bonds. The number of benzene rings is 1. The van der Waals surface area contributed by atoms with E-state index < -0.39 is 15.8 Å². The number of phenolic OH excluding ortho intramolecular Hbond substituents is 1. The van der Waals surface area contributed by atoms with Crippen molar-refractivity contribution in [2.45, 2.75) is 19.0 Å². The Balaban J connectivity index is 2.54. The number of hydrogen-bond donors (Lipinski definition) is 2. The fraction of sp³-hybridized carbons (Fsp3) is 0.300. The molecular weight excluding hydrogens is 210 g/mol. The second-order valence-corrected chi connectivity index (χ2v) is 4.10. The van der Waals surface area contributed by atoms with Crippen molar-refractivity contribution in [1.29, 1.82) is 0 Å². The molecule has 0 heterocycles. The minimum Gasteiger partial charge on any atom is -0.524 e. The Hall–Kier alpha value is -1.33. The van der Waals surface area contributed by atoms with Gasteiger partial charge < -0.3 is 15.3 Å². The molecule has 0 spiro atoms. The van der Waals surface area contributed by atoms with Crippen LogP contribution in [0.5, 0.6) is 5.75 Å². The number of nitrogens with two attached hydrogens (primary N) is 1. The van der Waals surface area contributed by atoms with Gasteiger partial charge in [0.05, 0.1) is 0 Å². The third kappa shape index (κ3) is 3.73. The zero-order chi connectivity index (χ0) is 11.3. The topological polar surface area (TPSA) is 72.5 Å². The SMILES string of the molecule is C[SiH2]OC(=O)[C@@H](N)Cc1ccc(O)cc1. The Morgan fingerprint density at radius 3 is 2.67 bits per heavy atom. The van der Waals surface area contributed by atoms with E-state index in [2.05, 4.69) is 0 Å². The molecule has 0 saturated carbocycles. The number of carbonyl (C=O) groups excluding carboxylic acids is 1. The summed E-state index contributed by atoms with van der Waals surface area (Å²) in [6.07, 6.45) is 0.438. The summed E-state index contributed by atoms with van der Waals surface area (Å²) in [7, 11) is -0.741. The predicted octanol–water partition coefficient (Wildman–Crippen LogP) is -0.0629. The van der Waals surface area contributed by atoms with E-state index in [-0.39, 0.29) is 11.7 Å². The zero-order valence-corrected chi connectivity index (χ0v) is 10.1. The molecule has 0 aliphatic heterocycles. The standard InChI is InChI=1S/C10H15NO3Si/c1-15-14-10(13)9(11)6-7-2-4-8(12)5-3-7/h2-5,9,12H,6,11,15H2,1H3/t9-/m0/s1. The predicted molar refractivity (Wildman–Crippen MR) is 60.3 cm³/mol. The lowest BCUT2D eigenvalue weighted by Gasteiger charge is -2.10. The fourth-order valence-corrected chi connectivity index (χ4v) is 1.72. The molecule has 0 unspecified atom stereocenters. The molecule has 5 heteroatoms. The smallest absolute Gasteiger partial charge is 0.309 e. The summed E-state index contributed by atoms with van der Waals surface area (Å²) in [5.41, 5.74) is 6.57. The van der Waals surface area contributed by atoms with Crippen molar-refractivity contribution in [3.05, 3.63) is 29.8 Å². The van der Waals surface area contributed by atoms with Crippen LogP contribution in [0.4, 0.5) is 0 Å². The average molecular weight is 225 g/mol. The number of carbonyl (C=O) groups is 1. The minimum atomic E-state index is -0.741. The molecule has 0 saturated heterocycles. The molecule has 0 aromatic heterocycles. The Morgan fingerprint density at radius 2 is 2.13 bits per heavy atom. The third-order valence-corrected chi connectivity index (χ3v) is 2.55. The summed E-state index contributed by atoms with van der Waals surface area (Å²) >= 11 is 0. The lowest BCUT2D eigenvalue weighted by molar-refractivity contribution is -0.135. The maximum absolute atomic E-state index is 11.3. The number of rotatable bonds is 4. The first-order valence-corrected chi connectivity index (χ1v) is 6.82. The Morgan fingerprint density at radius 1 is 1.53 bits per heavy atom. The average Bonchev–Trinajstić information content (AvgIpc) is 2.22. The highest BCUT2D eigenvalue weighted by Gasteiger charge is 2.14. The summed E-state index contributed by atoms with van der Waals surface area (Å²) in [6, 6.07) is 6.02. The van der Waals surface area contributed by atoms with Gasteiger partial charge in [-0.15, -0.1) is 0 Å². The lowest BCUT2D eigenvalue weighted by Crippen LogP contribution is -2.34. The van der Waals surface area contributed by atoms with Gasteiger partial charge >= 0.3 is 5.97 Å². The summed E-state index contributed by atoms with van der Waals surface area (Å²) in [4.78, 5) is 11.3. The van der Waals surface area contributed by atoms with E-state index >= 15 is 0 Å². The van der Waals surface area contributed by atoms with E-state index in [0.29, 0.717) is 6.42 Å². The highest BCUT2D eigenvalue weighted by Crippen LogP contribution is 2.11. The van der Waals surface area contributed by atoms with Gasteiger partial charge in [0.2, 0.25) is 9.76 Å². The second kappa shape index (κ2) is 5.52. The molecule has 0 radical (unpaired) electrons. The minimum absolute atomic E-state index is 0.205. The largest absolute Gasteiger partial charge is 0.524 e. The second-order valence-electron chi connectivity index (χ2n) is 3.23. The summed E-state index contributed by atoms with van der Waals surface area (Å²) in [5.74, 6) is -0.131. The van der Waals surface area contributed by atoms with Crippen LogP contribution >= 0.6 is 0 Å². The van der Waals surface area contributed by atoms with Gasteiger partial charge in [0.25, 0.3) is 0 Å². The van der Waals surface area contributed by atoms with Crippen molar-refractivity contribution >= 4 is 15.7 Å². The Bertz CT molecular complexity index is 326. The van der Waals surface area contributed by atoms with Crippen LogP contribution in [0.25, 0.3) is 0 Å². The molecule has 1 aromatic carbocycles. The highest BCUT2D eigenvalue weighted by molar-refractivity contribution is 6.28. The van der Waals surface area contributed by atoms with E-state index in [1.165, 1.54) is 0 Å². The molecule has 3 N–H and O–H groups in total. The first-order valence-electron chi connectivity index (χ1n) is 4.83. The molecule has 1 atom stereocenters. The molecule has 0 aliphatic carbocycles. The van der Waals surface area contributed by atoms with Crippen molar-refractivity contribution in [2.24, 2.45) is 5.73 Å². The van der Waals surface area contributed by atoms with E-state index in [1.54, 1.807) is 24.3 Å². The highest BCUT2D eigenvalue weighted by atomic mass is 28.2. The number of phenols is 1. The van der Waals surface area contributed by atoms with E-state index in [0.717, 1.165) is 5.56 Å². The van der Waals surface area contributed by atoms with Crippen molar-refractivity contribution in [2.75, 3.05) is 0 Å². The van der Waals surface area contributed by atoms with Gasteiger partial charge in [-0.2, -0.15) is 0 Å². The lowest BCUT2D eigenvalue weighted by atomic mass is 10.1. The van der Waals surface area contributed by atoms with Crippen LogP contribution in [0.3, 0.4) is 0 Å². The van der Waals surface area contributed by atoms with E-state index in [4.69, 9.17) is 15.3 Å². The van der Waals surface area contributed by atoms with Crippen LogP contribution in [-0.4, -0.2) is 26.9 Å². The summed E-state index contributed by atoms with van der Waals surface area (Å²) in [6.45, 7) is 1.88. The molecule has 1 aromatic rings. The monoisotopic (exact) mass is 225 g/mol. The third-order valence-electron chi connectivity index (χ3n) is 1.98. The number of hydrogen-bond acceptors (Lipinski definition) is 4. The molecule has 0 aliphatic rings. The van der Waals surface area contributed by atoms with Gasteiger partial charge in [0.15, 0.2) is 0 Å². The Labute approximate surface area is 91.0 Å². The molecule has 4 nitrogen and oxygen atoms in total. The van der Waals surface area contributed by atoms with Crippen LogP contribution < -0.4 is 5.73 Å². The van der Waals surface area contributed by atoms with Gasteiger partial charge in [0, 0.05) is 0 Å². The van der Waals surface area contributed by atoms with Crippen LogP contribution in [0.15, 0.2) is 24.3 Å². The zero-order valence-electron chi connectivity index (χ0n) is 8.64. The van der Waals surface area contributed by atoms with Crippen LogP contribution in [-0.2, 0) is 15.6 Å². The Kier molecular flexibility index (Phi) is 4.32. The maximum atomic E-state index is 11.3. The van der Waals surface area contributed by atoms with Crippen molar-refractivity contribution in [3.8, 4) is 5.75 Å². The van der Waals surface area contributed by atoms with Gasteiger partial charge in [-0.3, -0.25) is 4.79 Å². The van der Waals surface area contributed by atoms with Crippen molar-refractivity contribution in [1.82, 2.24) is 0 Å².